The third kappa shape index (κ3) is 2.44. The molecule has 1 unspecified atom stereocenters. The van der Waals surface area contributed by atoms with Crippen LogP contribution in [0.1, 0.15) is 23.6 Å². The fourth-order valence-corrected chi connectivity index (χ4v) is 3.95. The molecule has 0 saturated carbocycles. The van der Waals surface area contributed by atoms with Crippen molar-refractivity contribution in [1.82, 2.24) is 14.9 Å². The molecule has 1 aromatic carbocycles. The van der Waals surface area contributed by atoms with Crippen molar-refractivity contribution in [2.24, 2.45) is 0 Å². The highest BCUT2D eigenvalue weighted by atomic mass is 32.2. The molecule has 1 atom stereocenters. The fourth-order valence-electron chi connectivity index (χ4n) is 2.80. The molecule has 0 aliphatic heterocycles. The smallest absolute Gasteiger partial charge is 0.244 e. The number of nitrogens with one attached hydrogen (secondary N) is 2. The van der Waals surface area contributed by atoms with Crippen LogP contribution in [0.4, 0.5) is 0 Å². The van der Waals surface area contributed by atoms with Crippen molar-refractivity contribution < 1.29 is 17.9 Å². The van der Waals surface area contributed by atoms with Crippen molar-refractivity contribution in [3.05, 3.63) is 35.7 Å². The van der Waals surface area contributed by atoms with Gasteiger partial charge in [0.25, 0.3) is 0 Å². The van der Waals surface area contributed by atoms with Gasteiger partial charge in [-0.15, -0.1) is 0 Å². The average Bonchev–Trinajstić information content (AvgIpc) is 3.16. The van der Waals surface area contributed by atoms with Crippen molar-refractivity contribution in [2.75, 3.05) is 14.2 Å². The number of fused-ring (bicyclic) bond motifs is 1. The highest BCUT2D eigenvalue weighted by molar-refractivity contribution is 7.89. The first-order chi connectivity index (χ1) is 10.6. The van der Waals surface area contributed by atoms with Crippen molar-refractivity contribution in [3.8, 4) is 11.5 Å². The zero-order valence-electron chi connectivity index (χ0n) is 12.3. The lowest BCUT2D eigenvalue weighted by molar-refractivity contribution is 0.352. The van der Waals surface area contributed by atoms with Crippen molar-refractivity contribution in [2.45, 2.75) is 23.8 Å². The second kappa shape index (κ2) is 5.62. The number of methoxy groups -OCH3 is 2. The molecule has 118 valence electrons. The molecule has 0 radical (unpaired) electrons. The number of ether oxygens (including phenoxy) is 2. The molecule has 0 amide bonds. The average molecular weight is 323 g/mol. The first-order valence-corrected chi connectivity index (χ1v) is 8.30. The van der Waals surface area contributed by atoms with Crippen LogP contribution >= 0.6 is 0 Å². The first-order valence-electron chi connectivity index (χ1n) is 6.81. The molecule has 3 rings (SSSR count). The number of sulfonamides is 1. The molecule has 2 aromatic rings. The van der Waals surface area contributed by atoms with Gasteiger partial charge in [-0.2, -0.15) is 5.10 Å². The van der Waals surface area contributed by atoms with Crippen molar-refractivity contribution in [1.29, 1.82) is 0 Å². The van der Waals surface area contributed by atoms with Gasteiger partial charge in [-0.05, 0) is 24.5 Å². The molecule has 2 N–H and O–H groups in total. The van der Waals surface area contributed by atoms with Crippen LogP contribution in [-0.4, -0.2) is 32.8 Å². The molecule has 0 saturated heterocycles. The van der Waals surface area contributed by atoms with E-state index in [0.29, 0.717) is 17.9 Å². The van der Waals surface area contributed by atoms with Crippen LogP contribution in [0.2, 0.25) is 0 Å². The summed E-state index contributed by atoms with van der Waals surface area (Å²) in [6.45, 7) is 0. The van der Waals surface area contributed by atoms with E-state index in [1.165, 1.54) is 12.4 Å². The van der Waals surface area contributed by atoms with Gasteiger partial charge < -0.3 is 9.47 Å². The second-order valence-corrected chi connectivity index (χ2v) is 6.73. The number of aromatic amines is 1. The van der Waals surface area contributed by atoms with E-state index in [0.717, 1.165) is 17.5 Å². The van der Waals surface area contributed by atoms with Crippen LogP contribution in [0, 0.1) is 0 Å². The summed E-state index contributed by atoms with van der Waals surface area (Å²) in [4.78, 5) is 0.126. The molecule has 0 bridgehead atoms. The quantitative estimate of drug-likeness (QED) is 0.867. The minimum Gasteiger partial charge on any atom is -0.493 e. The van der Waals surface area contributed by atoms with E-state index in [2.05, 4.69) is 14.9 Å². The Bertz CT molecular complexity index is 772. The van der Waals surface area contributed by atoms with Crippen LogP contribution in [0.15, 0.2) is 29.4 Å². The summed E-state index contributed by atoms with van der Waals surface area (Å²) >= 11 is 0. The molecule has 1 aliphatic carbocycles. The fraction of sp³-hybridized carbons (Fsp3) is 0.357. The standard InChI is InChI=1S/C14H17N3O4S/c1-20-13-6-4-10-11(14(13)21-2)3-5-12(10)17-22(18,19)9-7-15-16-8-9/h4,6-8,12,17H,3,5H2,1-2H3,(H,15,16). The maximum absolute atomic E-state index is 12.3. The van der Waals surface area contributed by atoms with E-state index in [1.54, 1.807) is 20.3 Å². The lowest BCUT2D eigenvalue weighted by Crippen LogP contribution is -2.27. The monoisotopic (exact) mass is 323 g/mol. The SMILES string of the molecule is COc1ccc2c(c1OC)CCC2NS(=O)(=O)c1cn[nH]c1. The molecule has 7 nitrogen and oxygen atoms in total. The lowest BCUT2D eigenvalue weighted by Gasteiger charge is -2.16. The molecule has 1 aromatic heterocycles. The third-order valence-electron chi connectivity index (χ3n) is 3.82. The van der Waals surface area contributed by atoms with Crippen LogP contribution in [0.3, 0.4) is 0 Å². The van der Waals surface area contributed by atoms with E-state index < -0.39 is 10.0 Å². The number of aromatic nitrogens is 2. The van der Waals surface area contributed by atoms with Gasteiger partial charge in [-0.1, -0.05) is 6.07 Å². The van der Waals surface area contributed by atoms with E-state index >= 15 is 0 Å². The Labute approximate surface area is 128 Å². The molecule has 0 spiro atoms. The van der Waals surface area contributed by atoms with Crippen LogP contribution < -0.4 is 14.2 Å². The molecule has 1 aliphatic rings. The Hall–Kier alpha value is -2.06. The van der Waals surface area contributed by atoms with Gasteiger partial charge in [0.15, 0.2) is 11.5 Å². The summed E-state index contributed by atoms with van der Waals surface area (Å²) in [5, 5.41) is 6.18. The first kappa shape index (κ1) is 14.9. The Morgan fingerprint density at radius 1 is 1.32 bits per heavy atom. The van der Waals surface area contributed by atoms with Crippen molar-refractivity contribution in [3.63, 3.8) is 0 Å². The summed E-state index contributed by atoms with van der Waals surface area (Å²) in [7, 11) is -0.428. The van der Waals surface area contributed by atoms with E-state index in [4.69, 9.17) is 9.47 Å². The maximum Gasteiger partial charge on any atom is 0.244 e. The van der Waals surface area contributed by atoms with Gasteiger partial charge in [0.1, 0.15) is 4.90 Å². The summed E-state index contributed by atoms with van der Waals surface area (Å²) in [5.41, 5.74) is 1.91. The number of nitrogens with zero attached hydrogens (tertiary/aromatic N) is 1. The zero-order valence-corrected chi connectivity index (χ0v) is 13.1. The number of hydrogen-bond acceptors (Lipinski definition) is 5. The number of rotatable bonds is 5. The van der Waals surface area contributed by atoms with Gasteiger partial charge in [0, 0.05) is 17.8 Å². The highest BCUT2D eigenvalue weighted by Crippen LogP contribution is 2.42. The van der Waals surface area contributed by atoms with Gasteiger partial charge in [-0.3, -0.25) is 5.10 Å². The predicted molar refractivity (Wildman–Crippen MR) is 79.5 cm³/mol. The lowest BCUT2D eigenvalue weighted by atomic mass is 10.1. The molecule has 1 heterocycles. The summed E-state index contributed by atoms with van der Waals surface area (Å²) in [5.74, 6) is 1.32. The van der Waals surface area contributed by atoms with Gasteiger partial charge in [-0.25, -0.2) is 13.1 Å². The highest BCUT2D eigenvalue weighted by Gasteiger charge is 2.31. The molecule has 22 heavy (non-hydrogen) atoms. The summed E-state index contributed by atoms with van der Waals surface area (Å²) < 4.78 is 38.0. The van der Waals surface area contributed by atoms with Gasteiger partial charge >= 0.3 is 0 Å². The minimum atomic E-state index is -3.59. The Kier molecular flexibility index (Phi) is 3.79. The largest absolute Gasteiger partial charge is 0.493 e. The summed E-state index contributed by atoms with van der Waals surface area (Å²) in [6.07, 6.45) is 4.05. The van der Waals surface area contributed by atoms with Crippen LogP contribution in [0.25, 0.3) is 0 Å². The normalized spacial score (nSPS) is 17.3. The number of hydrogen-bond donors (Lipinski definition) is 2. The Morgan fingerprint density at radius 3 is 2.77 bits per heavy atom. The third-order valence-corrected chi connectivity index (χ3v) is 5.26. The van der Waals surface area contributed by atoms with E-state index in [9.17, 15) is 8.42 Å². The number of H-pyrrole nitrogens is 1. The molecular weight excluding hydrogens is 306 g/mol. The zero-order chi connectivity index (χ0) is 15.7. The van der Waals surface area contributed by atoms with Crippen LogP contribution in [-0.2, 0) is 16.4 Å². The predicted octanol–water partition coefficient (Wildman–Crippen LogP) is 1.39. The van der Waals surface area contributed by atoms with Crippen molar-refractivity contribution >= 4 is 10.0 Å². The maximum atomic E-state index is 12.3. The molecular formula is C14H17N3O4S. The summed E-state index contributed by atoms with van der Waals surface area (Å²) in [6, 6.07) is 3.39. The van der Waals surface area contributed by atoms with Crippen LogP contribution in [0.5, 0.6) is 11.5 Å². The van der Waals surface area contributed by atoms with Gasteiger partial charge in [0.05, 0.1) is 20.4 Å². The Balaban J connectivity index is 1.92. The minimum absolute atomic E-state index is 0.126. The number of benzene rings is 1. The second-order valence-electron chi connectivity index (χ2n) is 5.02. The molecule has 8 heteroatoms. The van der Waals surface area contributed by atoms with E-state index in [-0.39, 0.29) is 10.9 Å². The van der Waals surface area contributed by atoms with Gasteiger partial charge in [0.2, 0.25) is 10.0 Å². The van der Waals surface area contributed by atoms with E-state index in [1.807, 2.05) is 6.07 Å². The molecule has 0 fully saturated rings. The topological polar surface area (TPSA) is 93.3 Å². The Morgan fingerprint density at radius 2 is 2.14 bits per heavy atom.